The van der Waals surface area contributed by atoms with Crippen LogP contribution in [0.15, 0.2) is 53.4 Å². The summed E-state index contributed by atoms with van der Waals surface area (Å²) in [5.41, 5.74) is 1.45. The average molecular weight is 390 g/mol. The third-order valence-corrected chi connectivity index (χ3v) is 5.15. The highest BCUT2D eigenvalue weighted by Gasteiger charge is 2.21. The van der Waals surface area contributed by atoms with Gasteiger partial charge in [0.25, 0.3) is 15.9 Å². The van der Waals surface area contributed by atoms with Crippen molar-refractivity contribution in [3.05, 3.63) is 59.7 Å². The number of rotatable bonds is 8. The molecular weight excluding hydrogens is 368 g/mol. The van der Waals surface area contributed by atoms with E-state index in [1.54, 1.807) is 18.2 Å². The molecule has 0 bridgehead atoms. The van der Waals surface area contributed by atoms with Crippen molar-refractivity contribution in [3.8, 4) is 0 Å². The molecule has 0 saturated heterocycles. The van der Waals surface area contributed by atoms with Gasteiger partial charge >= 0.3 is 5.97 Å². The van der Waals surface area contributed by atoms with Crippen LogP contribution in [0.25, 0.3) is 0 Å². The molecule has 1 amide bonds. The third kappa shape index (κ3) is 5.55. The third-order valence-electron chi connectivity index (χ3n) is 3.77. The van der Waals surface area contributed by atoms with E-state index in [4.69, 9.17) is 5.11 Å². The topological polar surface area (TPSA) is 104 Å². The number of sulfonamides is 1. The molecule has 2 aromatic rings. The van der Waals surface area contributed by atoms with Crippen LogP contribution >= 0.6 is 0 Å². The number of nitrogens with zero attached hydrogens (tertiary/aromatic N) is 1. The molecular formula is C19H22N2O5S. The number of carboxylic acids is 1. The second-order valence-electron chi connectivity index (χ2n) is 6.12. The van der Waals surface area contributed by atoms with Gasteiger partial charge in [-0.25, -0.2) is 8.42 Å². The minimum absolute atomic E-state index is 0.0679. The summed E-state index contributed by atoms with van der Waals surface area (Å²) in [5.74, 6) is -1.64. The van der Waals surface area contributed by atoms with Crippen molar-refractivity contribution in [3.63, 3.8) is 0 Å². The number of anilines is 1. The van der Waals surface area contributed by atoms with Gasteiger partial charge in [-0.2, -0.15) is 0 Å². The molecule has 0 aromatic heterocycles. The first-order valence-corrected chi connectivity index (χ1v) is 9.92. The van der Waals surface area contributed by atoms with Crippen molar-refractivity contribution in [2.75, 3.05) is 17.8 Å². The number of carbonyl (C=O) groups excluding carboxylic acids is 1. The predicted molar refractivity (Wildman–Crippen MR) is 102 cm³/mol. The lowest BCUT2D eigenvalue weighted by molar-refractivity contribution is -0.137. The van der Waals surface area contributed by atoms with Gasteiger partial charge < -0.3 is 10.0 Å². The van der Waals surface area contributed by atoms with Crippen LogP contribution in [0.2, 0.25) is 0 Å². The van der Waals surface area contributed by atoms with E-state index in [0.717, 1.165) is 5.56 Å². The van der Waals surface area contributed by atoms with Crippen LogP contribution in [0, 0.1) is 6.92 Å². The molecule has 2 aromatic carbocycles. The number of hydrogen-bond donors (Lipinski definition) is 2. The molecule has 0 unspecified atom stereocenters. The van der Waals surface area contributed by atoms with Gasteiger partial charge in [0.05, 0.1) is 4.90 Å². The van der Waals surface area contributed by atoms with E-state index >= 15 is 0 Å². The average Bonchev–Trinajstić information content (AvgIpc) is 2.60. The lowest BCUT2D eigenvalue weighted by atomic mass is 10.2. The molecule has 0 atom stereocenters. The highest BCUT2D eigenvalue weighted by molar-refractivity contribution is 7.92. The predicted octanol–water partition coefficient (Wildman–Crippen LogP) is 2.73. The number of aryl methyl sites for hydroxylation is 1. The largest absolute Gasteiger partial charge is 0.480 e. The first-order valence-electron chi connectivity index (χ1n) is 8.43. The highest BCUT2D eigenvalue weighted by atomic mass is 32.2. The van der Waals surface area contributed by atoms with Crippen molar-refractivity contribution in [2.24, 2.45) is 0 Å². The Morgan fingerprint density at radius 1 is 1.11 bits per heavy atom. The first kappa shape index (κ1) is 20.4. The molecule has 0 spiro atoms. The maximum Gasteiger partial charge on any atom is 0.323 e. The van der Waals surface area contributed by atoms with Crippen LogP contribution in [0.4, 0.5) is 5.69 Å². The Balaban J connectivity index is 2.29. The summed E-state index contributed by atoms with van der Waals surface area (Å²) in [6.07, 6.45) is 0.589. The lowest BCUT2D eigenvalue weighted by Gasteiger charge is -2.20. The number of amides is 1. The maximum absolute atomic E-state index is 12.6. The summed E-state index contributed by atoms with van der Waals surface area (Å²) in [6.45, 7) is 3.51. The van der Waals surface area contributed by atoms with E-state index in [1.807, 2.05) is 19.9 Å². The number of aliphatic carboxylic acids is 1. The van der Waals surface area contributed by atoms with Crippen molar-refractivity contribution >= 4 is 27.6 Å². The second kappa shape index (κ2) is 8.68. The molecule has 7 nitrogen and oxygen atoms in total. The van der Waals surface area contributed by atoms with Gasteiger partial charge in [-0.15, -0.1) is 0 Å². The van der Waals surface area contributed by atoms with E-state index in [2.05, 4.69) is 4.72 Å². The van der Waals surface area contributed by atoms with Crippen LogP contribution in [-0.2, 0) is 14.8 Å². The Hall–Kier alpha value is -2.87. The van der Waals surface area contributed by atoms with E-state index in [0.29, 0.717) is 12.1 Å². The van der Waals surface area contributed by atoms with Gasteiger partial charge in [-0.1, -0.05) is 25.1 Å². The first-order chi connectivity index (χ1) is 12.7. The Morgan fingerprint density at radius 3 is 2.44 bits per heavy atom. The van der Waals surface area contributed by atoms with Crippen LogP contribution in [0.3, 0.4) is 0 Å². The molecule has 0 aliphatic carbocycles. The van der Waals surface area contributed by atoms with E-state index in [1.165, 1.54) is 29.2 Å². The van der Waals surface area contributed by atoms with Crippen molar-refractivity contribution in [1.82, 2.24) is 4.90 Å². The molecule has 2 rings (SSSR count). The lowest BCUT2D eigenvalue weighted by Crippen LogP contribution is -2.36. The Morgan fingerprint density at radius 2 is 1.81 bits per heavy atom. The Labute approximate surface area is 158 Å². The van der Waals surface area contributed by atoms with Gasteiger partial charge in [0, 0.05) is 17.8 Å². The molecule has 8 heteroatoms. The zero-order valence-corrected chi connectivity index (χ0v) is 16.0. The molecule has 0 saturated carbocycles. The highest BCUT2D eigenvalue weighted by Crippen LogP contribution is 2.19. The minimum atomic E-state index is -3.88. The fraction of sp³-hybridized carbons (Fsp3) is 0.263. The molecule has 2 N–H and O–H groups in total. The van der Waals surface area contributed by atoms with E-state index < -0.39 is 28.4 Å². The number of benzene rings is 2. The normalized spacial score (nSPS) is 11.0. The monoisotopic (exact) mass is 390 g/mol. The zero-order valence-electron chi connectivity index (χ0n) is 15.2. The molecule has 0 fully saturated rings. The quantitative estimate of drug-likeness (QED) is 0.721. The van der Waals surface area contributed by atoms with Gasteiger partial charge in [-0.3, -0.25) is 14.3 Å². The van der Waals surface area contributed by atoms with Gasteiger partial charge in [0.2, 0.25) is 0 Å². The van der Waals surface area contributed by atoms with Gasteiger partial charge in [-0.05, 0) is 49.2 Å². The van der Waals surface area contributed by atoms with Crippen molar-refractivity contribution in [2.45, 2.75) is 25.2 Å². The van der Waals surface area contributed by atoms with Crippen LogP contribution in [0.1, 0.15) is 29.3 Å². The number of hydrogen-bond acceptors (Lipinski definition) is 4. The second-order valence-corrected chi connectivity index (χ2v) is 7.81. The fourth-order valence-corrected chi connectivity index (χ4v) is 3.68. The molecule has 0 aliphatic heterocycles. The Kier molecular flexibility index (Phi) is 6.57. The number of carbonyl (C=O) groups is 2. The van der Waals surface area contributed by atoms with Crippen LogP contribution in [-0.4, -0.2) is 43.4 Å². The van der Waals surface area contributed by atoms with Crippen LogP contribution in [0.5, 0.6) is 0 Å². The Bertz CT molecular complexity index is 941. The summed E-state index contributed by atoms with van der Waals surface area (Å²) in [6, 6.07) is 12.5. The summed E-state index contributed by atoms with van der Waals surface area (Å²) in [4.78, 5) is 24.7. The van der Waals surface area contributed by atoms with Gasteiger partial charge in [0.1, 0.15) is 6.54 Å². The molecule has 144 valence electrons. The van der Waals surface area contributed by atoms with Crippen molar-refractivity contribution < 1.29 is 23.1 Å². The number of carboxylic acid groups (broad SMARTS) is 1. The molecule has 0 heterocycles. The molecule has 0 radical (unpaired) electrons. The van der Waals surface area contributed by atoms with E-state index in [-0.39, 0.29) is 17.0 Å². The summed E-state index contributed by atoms with van der Waals surface area (Å²) in [5, 5.41) is 8.98. The van der Waals surface area contributed by atoms with E-state index in [9.17, 15) is 18.0 Å². The maximum atomic E-state index is 12.6. The standard InChI is InChI=1S/C19H22N2O5S/c1-3-10-21(13-18(22)23)19(24)15-7-5-9-17(12-15)27(25,26)20-16-8-4-6-14(2)11-16/h4-9,11-12,20H,3,10,13H2,1-2H3,(H,22,23). The molecule has 0 aliphatic rings. The summed E-state index contributed by atoms with van der Waals surface area (Å²) in [7, 11) is -3.88. The smallest absolute Gasteiger partial charge is 0.323 e. The summed E-state index contributed by atoms with van der Waals surface area (Å²) < 4.78 is 27.7. The van der Waals surface area contributed by atoms with Crippen LogP contribution < -0.4 is 4.72 Å². The van der Waals surface area contributed by atoms with Gasteiger partial charge in [0.15, 0.2) is 0 Å². The fourth-order valence-electron chi connectivity index (χ4n) is 2.59. The number of nitrogens with one attached hydrogen (secondary N) is 1. The SMILES string of the molecule is CCCN(CC(=O)O)C(=O)c1cccc(S(=O)(=O)Nc2cccc(C)c2)c1. The minimum Gasteiger partial charge on any atom is -0.480 e. The molecule has 27 heavy (non-hydrogen) atoms. The zero-order chi connectivity index (χ0) is 20.0. The summed E-state index contributed by atoms with van der Waals surface area (Å²) >= 11 is 0. The van der Waals surface area contributed by atoms with Crippen molar-refractivity contribution in [1.29, 1.82) is 0 Å².